The van der Waals surface area contributed by atoms with E-state index in [0.29, 0.717) is 24.0 Å². The molecular weight excluding hydrogens is 266 g/mol. The summed E-state index contributed by atoms with van der Waals surface area (Å²) in [5.41, 5.74) is 6.12. The number of hydrogen-bond donors (Lipinski definition) is 2. The highest BCUT2D eigenvalue weighted by atomic mass is 32.1. The Labute approximate surface area is 114 Å². The maximum Gasteiger partial charge on any atom is 0.155 e. The Hall–Kier alpha value is -1.60. The van der Waals surface area contributed by atoms with Gasteiger partial charge < -0.3 is 11.1 Å². The van der Waals surface area contributed by atoms with Crippen LogP contribution < -0.4 is 11.1 Å². The molecule has 0 saturated heterocycles. The first-order valence-electron chi connectivity index (χ1n) is 5.42. The van der Waals surface area contributed by atoms with Crippen molar-refractivity contribution in [1.82, 2.24) is 15.0 Å². The molecule has 0 bridgehead atoms. The van der Waals surface area contributed by atoms with Crippen molar-refractivity contribution in [2.24, 2.45) is 5.73 Å². The minimum atomic E-state index is 0.243. The van der Waals surface area contributed by atoms with Crippen LogP contribution in [-0.2, 0) is 0 Å². The summed E-state index contributed by atoms with van der Waals surface area (Å²) in [4.78, 5) is 12.8. The fourth-order valence-corrected chi connectivity index (χ4v) is 2.31. The predicted molar refractivity (Wildman–Crippen MR) is 76.9 cm³/mol. The van der Waals surface area contributed by atoms with E-state index in [1.54, 1.807) is 29.9 Å². The third-order valence-electron chi connectivity index (χ3n) is 2.38. The Kier molecular flexibility index (Phi) is 4.16. The minimum Gasteiger partial charge on any atom is -0.388 e. The number of nitrogens with zero attached hydrogens (tertiary/aromatic N) is 3. The highest BCUT2D eigenvalue weighted by Crippen LogP contribution is 2.18. The molecule has 1 atom stereocenters. The second kappa shape index (κ2) is 5.83. The lowest BCUT2D eigenvalue weighted by Gasteiger charge is -2.12. The van der Waals surface area contributed by atoms with E-state index in [4.69, 9.17) is 18.0 Å². The normalized spacial score (nSPS) is 12.1. The average molecular weight is 279 g/mol. The number of aromatic nitrogens is 3. The van der Waals surface area contributed by atoms with Crippen LogP contribution in [0.5, 0.6) is 0 Å². The molecule has 5 nitrogen and oxygen atoms in total. The molecule has 3 N–H and O–H groups in total. The summed E-state index contributed by atoms with van der Waals surface area (Å²) in [5, 5.41) is 6.26. The van der Waals surface area contributed by atoms with Crippen LogP contribution in [0.2, 0.25) is 0 Å². The maximum absolute atomic E-state index is 5.59. The molecule has 2 heterocycles. The molecule has 0 aliphatic heterocycles. The molecule has 2 aromatic rings. The molecule has 0 aromatic carbocycles. The lowest BCUT2D eigenvalue weighted by molar-refractivity contribution is 0.791. The fourth-order valence-electron chi connectivity index (χ4n) is 1.46. The van der Waals surface area contributed by atoms with Crippen LogP contribution in [0.25, 0.3) is 0 Å². The molecule has 0 saturated carbocycles. The highest BCUT2D eigenvalue weighted by molar-refractivity contribution is 7.80. The van der Waals surface area contributed by atoms with Crippen LogP contribution in [-0.4, -0.2) is 26.5 Å². The molecule has 0 aliphatic carbocycles. The molecule has 1 unspecified atom stereocenters. The average Bonchev–Trinajstić information content (AvgIpc) is 2.90. The highest BCUT2D eigenvalue weighted by Gasteiger charge is 2.11. The van der Waals surface area contributed by atoms with E-state index >= 15 is 0 Å². The Morgan fingerprint density at radius 2 is 2.17 bits per heavy atom. The van der Waals surface area contributed by atoms with Gasteiger partial charge in [0.15, 0.2) is 5.82 Å². The molecule has 0 fully saturated rings. The SMILES string of the molecule is CC(CNc1nccnc1C(N)=S)c1nccs1. The van der Waals surface area contributed by atoms with Crippen LogP contribution in [0.1, 0.15) is 23.5 Å². The molecular formula is C11H13N5S2. The van der Waals surface area contributed by atoms with E-state index in [1.165, 1.54) is 0 Å². The van der Waals surface area contributed by atoms with Crippen LogP contribution in [0.3, 0.4) is 0 Å². The van der Waals surface area contributed by atoms with Gasteiger partial charge in [0.1, 0.15) is 10.7 Å². The number of nitrogens with two attached hydrogens (primary N) is 1. The number of thiocarbonyl (C=S) groups is 1. The first-order valence-corrected chi connectivity index (χ1v) is 6.71. The molecule has 2 aromatic heterocycles. The predicted octanol–water partition coefficient (Wildman–Crippen LogP) is 1.78. The monoisotopic (exact) mass is 279 g/mol. The third kappa shape index (κ3) is 2.99. The van der Waals surface area contributed by atoms with Gasteiger partial charge in [0.2, 0.25) is 0 Å². The van der Waals surface area contributed by atoms with Gasteiger partial charge in [-0.05, 0) is 0 Å². The van der Waals surface area contributed by atoms with Gasteiger partial charge in [-0.1, -0.05) is 19.1 Å². The van der Waals surface area contributed by atoms with Crippen molar-refractivity contribution in [3.8, 4) is 0 Å². The van der Waals surface area contributed by atoms with Gasteiger partial charge >= 0.3 is 0 Å². The van der Waals surface area contributed by atoms with E-state index in [2.05, 4.69) is 27.2 Å². The van der Waals surface area contributed by atoms with Crippen LogP contribution in [0.15, 0.2) is 24.0 Å². The van der Waals surface area contributed by atoms with Crippen molar-refractivity contribution < 1.29 is 0 Å². The maximum atomic E-state index is 5.59. The van der Waals surface area contributed by atoms with E-state index in [-0.39, 0.29) is 4.99 Å². The fraction of sp³-hybridized carbons (Fsp3) is 0.273. The summed E-state index contributed by atoms with van der Waals surface area (Å²) in [6.45, 7) is 2.81. The third-order valence-corrected chi connectivity index (χ3v) is 3.58. The standard InChI is InChI=1S/C11H13N5S2/c1-7(11-15-4-5-18-11)6-16-10-8(9(12)17)13-2-3-14-10/h2-5,7H,6H2,1H3,(H2,12,17)(H,14,16). The molecule has 0 spiro atoms. The molecule has 94 valence electrons. The Morgan fingerprint density at radius 3 is 2.83 bits per heavy atom. The zero-order chi connectivity index (χ0) is 13.0. The lowest BCUT2D eigenvalue weighted by Crippen LogP contribution is -2.18. The van der Waals surface area contributed by atoms with E-state index < -0.39 is 0 Å². The van der Waals surface area contributed by atoms with Crippen molar-refractivity contribution in [2.45, 2.75) is 12.8 Å². The number of anilines is 1. The summed E-state index contributed by atoms with van der Waals surface area (Å²) < 4.78 is 0. The molecule has 2 rings (SSSR count). The van der Waals surface area contributed by atoms with Gasteiger partial charge in [0.25, 0.3) is 0 Å². The van der Waals surface area contributed by atoms with Gasteiger partial charge in [-0.2, -0.15) is 0 Å². The number of thiazole rings is 1. The van der Waals surface area contributed by atoms with Crippen molar-refractivity contribution in [1.29, 1.82) is 0 Å². The van der Waals surface area contributed by atoms with Gasteiger partial charge in [-0.3, -0.25) is 0 Å². The molecule has 0 amide bonds. The Bertz CT molecular complexity index is 526. The number of nitrogens with one attached hydrogen (secondary N) is 1. The lowest BCUT2D eigenvalue weighted by atomic mass is 10.2. The van der Waals surface area contributed by atoms with Crippen molar-refractivity contribution in [3.05, 3.63) is 34.7 Å². The smallest absolute Gasteiger partial charge is 0.155 e. The Balaban J connectivity index is 2.04. The summed E-state index contributed by atoms with van der Waals surface area (Å²) >= 11 is 6.57. The summed E-state index contributed by atoms with van der Waals surface area (Å²) in [7, 11) is 0. The summed E-state index contributed by atoms with van der Waals surface area (Å²) in [5.74, 6) is 0.916. The van der Waals surface area contributed by atoms with Gasteiger partial charge in [0.05, 0.1) is 5.01 Å². The van der Waals surface area contributed by atoms with Crippen LogP contribution in [0.4, 0.5) is 5.82 Å². The number of rotatable bonds is 5. The van der Waals surface area contributed by atoms with Crippen molar-refractivity contribution in [3.63, 3.8) is 0 Å². The van der Waals surface area contributed by atoms with Crippen molar-refractivity contribution >= 4 is 34.4 Å². The first-order chi connectivity index (χ1) is 8.68. The topological polar surface area (TPSA) is 76.7 Å². The zero-order valence-corrected chi connectivity index (χ0v) is 11.5. The first kappa shape index (κ1) is 12.8. The van der Waals surface area contributed by atoms with Crippen molar-refractivity contribution in [2.75, 3.05) is 11.9 Å². The second-order valence-electron chi connectivity index (χ2n) is 3.77. The zero-order valence-electron chi connectivity index (χ0n) is 9.83. The molecule has 0 radical (unpaired) electrons. The van der Waals surface area contributed by atoms with Gasteiger partial charge in [-0.15, -0.1) is 11.3 Å². The Morgan fingerprint density at radius 1 is 1.39 bits per heavy atom. The van der Waals surface area contributed by atoms with Gasteiger partial charge in [0, 0.05) is 36.4 Å². The van der Waals surface area contributed by atoms with Gasteiger partial charge in [-0.25, -0.2) is 15.0 Å². The molecule has 7 heteroatoms. The number of hydrogen-bond acceptors (Lipinski definition) is 6. The molecule has 0 aliphatic rings. The summed E-state index contributed by atoms with van der Waals surface area (Å²) in [6, 6.07) is 0. The van der Waals surface area contributed by atoms with Crippen LogP contribution >= 0.6 is 23.6 Å². The molecule has 18 heavy (non-hydrogen) atoms. The van der Waals surface area contributed by atoms with E-state index in [1.807, 2.05) is 5.38 Å². The van der Waals surface area contributed by atoms with E-state index in [9.17, 15) is 0 Å². The second-order valence-corrected chi connectivity index (χ2v) is 5.14. The van der Waals surface area contributed by atoms with E-state index in [0.717, 1.165) is 5.01 Å². The summed E-state index contributed by atoms with van der Waals surface area (Å²) in [6.07, 6.45) is 4.99. The largest absolute Gasteiger partial charge is 0.388 e. The van der Waals surface area contributed by atoms with Crippen LogP contribution in [0, 0.1) is 0 Å². The minimum absolute atomic E-state index is 0.243. The quantitative estimate of drug-likeness (QED) is 0.813.